The highest BCUT2D eigenvalue weighted by Gasteiger charge is 2.24. The summed E-state index contributed by atoms with van der Waals surface area (Å²) in [6.07, 6.45) is 1.66. The van der Waals surface area contributed by atoms with Crippen LogP contribution in [0.5, 0.6) is 0 Å². The van der Waals surface area contributed by atoms with Crippen LogP contribution >= 0.6 is 0 Å². The molecule has 0 aliphatic rings. The summed E-state index contributed by atoms with van der Waals surface area (Å²) in [7, 11) is -3.88. The Balaban J connectivity index is 3.09. The van der Waals surface area contributed by atoms with Gasteiger partial charge in [0.25, 0.3) is 0 Å². The highest BCUT2D eigenvalue weighted by atomic mass is 32.2. The summed E-state index contributed by atoms with van der Waals surface area (Å²) in [4.78, 5) is 0.751. The summed E-state index contributed by atoms with van der Waals surface area (Å²) in [5.74, 6) is 0. The molecule has 0 amide bonds. The number of benzene rings is 1. The topological polar surface area (TPSA) is 29.4 Å². The third kappa shape index (κ3) is 4.22. The normalized spacial score (nSPS) is 14.1. The SMILES string of the molecule is CC[Si](C#CN=S(C)(=O)c1ccccc1)(CC)CC. The Labute approximate surface area is 118 Å². The van der Waals surface area contributed by atoms with E-state index in [0.29, 0.717) is 0 Å². The predicted octanol–water partition coefficient (Wildman–Crippen LogP) is 4.15. The fraction of sp³-hybridized carbons (Fsp3) is 0.467. The minimum absolute atomic E-state index is 0.751. The van der Waals surface area contributed by atoms with Crippen molar-refractivity contribution < 1.29 is 4.21 Å². The number of hydrogen-bond donors (Lipinski definition) is 0. The summed E-state index contributed by atoms with van der Waals surface area (Å²) in [6.45, 7) is 6.61. The molecule has 1 rings (SSSR count). The monoisotopic (exact) mass is 293 g/mol. The molecular weight excluding hydrogens is 270 g/mol. The van der Waals surface area contributed by atoms with E-state index in [0.717, 1.165) is 23.0 Å². The first-order valence-electron chi connectivity index (χ1n) is 6.78. The van der Waals surface area contributed by atoms with Crippen LogP contribution < -0.4 is 0 Å². The van der Waals surface area contributed by atoms with Crippen LogP contribution in [0.25, 0.3) is 0 Å². The van der Waals surface area contributed by atoms with Crippen LogP contribution in [0.4, 0.5) is 0 Å². The van der Waals surface area contributed by atoms with Crippen LogP contribution in [0.15, 0.2) is 39.6 Å². The zero-order valence-electron chi connectivity index (χ0n) is 12.3. The summed E-state index contributed by atoms with van der Waals surface area (Å²) in [6, 6.07) is 15.7. The van der Waals surface area contributed by atoms with Crippen LogP contribution in [0.3, 0.4) is 0 Å². The van der Waals surface area contributed by atoms with Crippen molar-refractivity contribution in [3.63, 3.8) is 0 Å². The minimum Gasteiger partial charge on any atom is -0.244 e. The molecule has 0 spiro atoms. The second kappa shape index (κ2) is 6.92. The van der Waals surface area contributed by atoms with E-state index in [1.807, 2.05) is 30.3 Å². The molecule has 0 radical (unpaired) electrons. The summed E-state index contributed by atoms with van der Waals surface area (Å²) >= 11 is 0. The minimum atomic E-state index is -2.38. The van der Waals surface area contributed by atoms with E-state index in [2.05, 4.69) is 36.7 Å². The Morgan fingerprint density at radius 3 is 2.11 bits per heavy atom. The summed E-state index contributed by atoms with van der Waals surface area (Å²) < 4.78 is 16.6. The zero-order chi connectivity index (χ0) is 14.4. The molecule has 2 nitrogen and oxygen atoms in total. The zero-order valence-corrected chi connectivity index (χ0v) is 14.1. The molecule has 1 atom stereocenters. The third-order valence-electron chi connectivity index (χ3n) is 3.75. The average molecular weight is 294 g/mol. The van der Waals surface area contributed by atoms with E-state index < -0.39 is 17.8 Å². The maximum Gasteiger partial charge on any atom is 0.140 e. The van der Waals surface area contributed by atoms with Crippen LogP contribution in [-0.4, -0.2) is 18.5 Å². The van der Waals surface area contributed by atoms with Crippen molar-refractivity contribution in [2.45, 2.75) is 43.8 Å². The van der Waals surface area contributed by atoms with Gasteiger partial charge >= 0.3 is 0 Å². The standard InChI is InChI=1S/C15H23NOSSi/c1-5-19(6-2,7-3)14-13-16-18(4,17)15-11-9-8-10-12-15/h8-12H,5-7H2,1-4H3. The van der Waals surface area contributed by atoms with E-state index >= 15 is 0 Å². The van der Waals surface area contributed by atoms with Crippen molar-refractivity contribution in [3.05, 3.63) is 30.3 Å². The van der Waals surface area contributed by atoms with Gasteiger partial charge in [-0.15, -0.1) is 9.91 Å². The lowest BCUT2D eigenvalue weighted by molar-refractivity contribution is 0.681. The highest BCUT2D eigenvalue weighted by molar-refractivity contribution is 7.93. The quantitative estimate of drug-likeness (QED) is 0.605. The molecule has 1 unspecified atom stereocenters. The van der Waals surface area contributed by atoms with E-state index in [1.165, 1.54) is 0 Å². The largest absolute Gasteiger partial charge is 0.244 e. The summed E-state index contributed by atoms with van der Waals surface area (Å²) in [5, 5.41) is 0. The number of nitrogens with zero attached hydrogens (tertiary/aromatic N) is 1. The fourth-order valence-corrected chi connectivity index (χ4v) is 5.36. The van der Waals surface area contributed by atoms with Gasteiger partial charge in [0.2, 0.25) is 0 Å². The fourth-order valence-electron chi connectivity index (χ4n) is 1.97. The summed E-state index contributed by atoms with van der Waals surface area (Å²) in [5.41, 5.74) is 3.35. The molecule has 4 heteroatoms. The molecule has 0 N–H and O–H groups in total. The lowest BCUT2D eigenvalue weighted by atomic mass is 10.4. The van der Waals surface area contributed by atoms with Crippen LogP contribution in [-0.2, 0) is 9.73 Å². The molecule has 0 aliphatic carbocycles. The van der Waals surface area contributed by atoms with Gasteiger partial charge in [-0.1, -0.05) is 39.0 Å². The first kappa shape index (κ1) is 16.0. The third-order valence-corrected chi connectivity index (χ3v) is 10.0. The molecule has 0 heterocycles. The van der Waals surface area contributed by atoms with Gasteiger partial charge in [-0.05, 0) is 30.3 Å². The van der Waals surface area contributed by atoms with Gasteiger partial charge in [-0.3, -0.25) is 0 Å². The van der Waals surface area contributed by atoms with Gasteiger partial charge in [0.05, 0.1) is 9.73 Å². The first-order valence-corrected chi connectivity index (χ1v) is 11.3. The van der Waals surface area contributed by atoms with Crippen molar-refractivity contribution in [1.29, 1.82) is 0 Å². The molecule has 0 aliphatic heterocycles. The predicted molar refractivity (Wildman–Crippen MR) is 86.2 cm³/mol. The van der Waals surface area contributed by atoms with Crippen molar-refractivity contribution >= 4 is 17.8 Å². The molecule has 0 saturated carbocycles. The van der Waals surface area contributed by atoms with Gasteiger partial charge in [-0.25, -0.2) is 4.21 Å². The highest BCUT2D eigenvalue weighted by Crippen LogP contribution is 2.18. The Kier molecular flexibility index (Phi) is 5.83. The smallest absolute Gasteiger partial charge is 0.140 e. The van der Waals surface area contributed by atoms with Gasteiger partial charge < -0.3 is 0 Å². The first-order chi connectivity index (χ1) is 8.99. The van der Waals surface area contributed by atoms with E-state index in [4.69, 9.17) is 0 Å². The van der Waals surface area contributed by atoms with Gasteiger partial charge in [0.15, 0.2) is 0 Å². The molecule has 19 heavy (non-hydrogen) atoms. The maximum atomic E-state index is 12.5. The van der Waals surface area contributed by atoms with Crippen molar-refractivity contribution in [3.8, 4) is 11.6 Å². The van der Waals surface area contributed by atoms with Gasteiger partial charge in [0.1, 0.15) is 8.07 Å². The second-order valence-electron chi connectivity index (χ2n) is 4.78. The number of hydrogen-bond acceptors (Lipinski definition) is 2. The van der Waals surface area contributed by atoms with E-state index in [-0.39, 0.29) is 0 Å². The molecule has 0 aromatic heterocycles. The lowest BCUT2D eigenvalue weighted by Crippen LogP contribution is -2.29. The molecule has 104 valence electrons. The molecule has 0 bridgehead atoms. The van der Waals surface area contributed by atoms with Crippen molar-refractivity contribution in [2.24, 2.45) is 4.36 Å². The van der Waals surface area contributed by atoms with E-state index in [1.54, 1.807) is 6.26 Å². The molecule has 1 aromatic rings. The number of rotatable bonds is 4. The Morgan fingerprint density at radius 1 is 1.11 bits per heavy atom. The van der Waals surface area contributed by atoms with Gasteiger partial charge in [-0.2, -0.15) is 0 Å². The van der Waals surface area contributed by atoms with Crippen molar-refractivity contribution in [1.82, 2.24) is 0 Å². The van der Waals surface area contributed by atoms with E-state index in [9.17, 15) is 4.21 Å². The Hall–Kier alpha value is -1.05. The second-order valence-corrected chi connectivity index (χ2v) is 12.0. The van der Waals surface area contributed by atoms with Crippen LogP contribution in [0.2, 0.25) is 18.1 Å². The van der Waals surface area contributed by atoms with Crippen molar-refractivity contribution in [2.75, 3.05) is 6.26 Å². The van der Waals surface area contributed by atoms with Crippen LogP contribution in [0.1, 0.15) is 20.8 Å². The lowest BCUT2D eigenvalue weighted by Gasteiger charge is -2.19. The molecular formula is C15H23NOSSi. The van der Waals surface area contributed by atoms with Crippen LogP contribution in [0, 0.1) is 11.6 Å². The van der Waals surface area contributed by atoms with Gasteiger partial charge in [0, 0.05) is 17.2 Å². The average Bonchev–Trinajstić information content (AvgIpc) is 2.45. The molecule has 1 aromatic carbocycles. The Morgan fingerprint density at radius 2 is 1.63 bits per heavy atom. The maximum absolute atomic E-state index is 12.5. The Bertz CT molecular complexity index is 565. The molecule has 0 saturated heterocycles. The molecule has 0 fully saturated rings.